The molecule has 0 spiro atoms. The smallest absolute Gasteiger partial charge is 0.407 e. The first-order chi connectivity index (χ1) is 16.1. The maximum atomic E-state index is 13.8. The molecule has 0 unspecified atom stereocenters. The number of amides is 2. The molecule has 3 N–H and O–H groups in total. The van der Waals surface area contributed by atoms with Crippen LogP contribution in [0.4, 0.5) is 14.9 Å². The zero-order valence-corrected chi connectivity index (χ0v) is 19.1. The Morgan fingerprint density at radius 1 is 1.06 bits per heavy atom. The molecular weight excluding hydrogens is 439 g/mol. The van der Waals surface area contributed by atoms with E-state index in [-0.39, 0.29) is 24.5 Å². The summed E-state index contributed by atoms with van der Waals surface area (Å²) in [5, 5.41) is 15.8. The SMILES string of the molecule is CC(C)(C)OC(=O)NCc1ccc(NC(=O)c2cc3c(cc2O)COc2ccc(F)cc2-3)cc1. The van der Waals surface area contributed by atoms with Gasteiger partial charge in [-0.1, -0.05) is 12.1 Å². The minimum Gasteiger partial charge on any atom is -0.507 e. The number of nitrogens with one attached hydrogen (secondary N) is 2. The van der Waals surface area contributed by atoms with Crippen molar-refractivity contribution in [1.82, 2.24) is 5.32 Å². The molecule has 3 aromatic rings. The zero-order valence-electron chi connectivity index (χ0n) is 19.1. The highest BCUT2D eigenvalue weighted by Gasteiger charge is 2.23. The summed E-state index contributed by atoms with van der Waals surface area (Å²) in [7, 11) is 0. The Labute approximate surface area is 196 Å². The van der Waals surface area contributed by atoms with Gasteiger partial charge in [0, 0.05) is 23.4 Å². The van der Waals surface area contributed by atoms with Crippen molar-refractivity contribution in [2.75, 3.05) is 5.32 Å². The monoisotopic (exact) mass is 464 g/mol. The van der Waals surface area contributed by atoms with Crippen LogP contribution < -0.4 is 15.4 Å². The summed E-state index contributed by atoms with van der Waals surface area (Å²) in [6.45, 7) is 5.84. The third kappa shape index (κ3) is 5.28. The van der Waals surface area contributed by atoms with E-state index in [2.05, 4.69) is 10.6 Å². The van der Waals surface area contributed by atoms with Gasteiger partial charge in [-0.2, -0.15) is 0 Å². The fourth-order valence-corrected chi connectivity index (χ4v) is 3.57. The van der Waals surface area contributed by atoms with Gasteiger partial charge >= 0.3 is 6.09 Å². The number of halogens is 1. The molecule has 0 fully saturated rings. The Bertz CT molecular complexity index is 1250. The van der Waals surface area contributed by atoms with Crippen molar-refractivity contribution >= 4 is 17.7 Å². The topological polar surface area (TPSA) is 96.9 Å². The van der Waals surface area contributed by atoms with Gasteiger partial charge < -0.3 is 25.2 Å². The molecule has 4 rings (SSSR count). The Kier molecular flexibility index (Phi) is 6.15. The number of fused-ring (bicyclic) bond motifs is 3. The average molecular weight is 464 g/mol. The summed E-state index contributed by atoms with van der Waals surface area (Å²) in [5.74, 6) is -0.612. The lowest BCUT2D eigenvalue weighted by atomic mass is 9.94. The van der Waals surface area contributed by atoms with Crippen LogP contribution in [0.25, 0.3) is 11.1 Å². The molecule has 34 heavy (non-hydrogen) atoms. The van der Waals surface area contributed by atoms with Gasteiger partial charge in [-0.15, -0.1) is 0 Å². The molecule has 176 valence electrons. The largest absolute Gasteiger partial charge is 0.507 e. The molecule has 0 radical (unpaired) electrons. The molecule has 1 heterocycles. The highest BCUT2D eigenvalue weighted by molar-refractivity contribution is 6.07. The van der Waals surface area contributed by atoms with Crippen molar-refractivity contribution in [2.45, 2.75) is 39.5 Å². The van der Waals surface area contributed by atoms with Gasteiger partial charge in [0.25, 0.3) is 5.91 Å². The number of phenols is 1. The molecule has 2 amide bonds. The Balaban J connectivity index is 1.46. The number of hydrogen-bond donors (Lipinski definition) is 3. The number of carbonyl (C=O) groups excluding carboxylic acids is 2. The highest BCUT2D eigenvalue weighted by atomic mass is 19.1. The third-order valence-corrected chi connectivity index (χ3v) is 5.13. The van der Waals surface area contributed by atoms with Crippen molar-refractivity contribution in [2.24, 2.45) is 0 Å². The first-order valence-corrected chi connectivity index (χ1v) is 10.7. The quantitative estimate of drug-likeness (QED) is 0.483. The van der Waals surface area contributed by atoms with Gasteiger partial charge in [0.15, 0.2) is 0 Å². The number of carbonyl (C=O) groups is 2. The average Bonchev–Trinajstić information content (AvgIpc) is 2.76. The fraction of sp³-hybridized carbons (Fsp3) is 0.231. The molecular formula is C26H25FN2O5. The van der Waals surface area contributed by atoms with Gasteiger partial charge in [-0.3, -0.25) is 4.79 Å². The van der Waals surface area contributed by atoms with Crippen LogP contribution in [0.2, 0.25) is 0 Å². The summed E-state index contributed by atoms with van der Waals surface area (Å²) in [6, 6.07) is 14.1. The lowest BCUT2D eigenvalue weighted by Gasteiger charge is -2.22. The minimum atomic E-state index is -0.580. The molecule has 8 heteroatoms. The van der Waals surface area contributed by atoms with E-state index in [1.165, 1.54) is 18.2 Å². The molecule has 0 bridgehead atoms. The van der Waals surface area contributed by atoms with E-state index in [1.54, 1.807) is 57.2 Å². The van der Waals surface area contributed by atoms with Crippen LogP contribution in [-0.2, 0) is 17.9 Å². The van der Waals surface area contributed by atoms with Crippen LogP contribution in [0, 0.1) is 5.82 Å². The molecule has 0 aromatic heterocycles. The summed E-state index contributed by atoms with van der Waals surface area (Å²) >= 11 is 0. The maximum Gasteiger partial charge on any atom is 0.407 e. The number of phenolic OH excluding ortho intramolecular Hbond substituents is 1. The Hall–Kier alpha value is -4.07. The van der Waals surface area contributed by atoms with E-state index in [0.29, 0.717) is 28.1 Å². The predicted octanol–water partition coefficient (Wildman–Crippen LogP) is 5.37. The molecule has 0 atom stereocenters. The second-order valence-electron chi connectivity index (χ2n) is 8.96. The first kappa shape index (κ1) is 23.1. The van der Waals surface area contributed by atoms with Crippen LogP contribution in [-0.4, -0.2) is 22.7 Å². The van der Waals surface area contributed by atoms with E-state index in [1.807, 2.05) is 0 Å². The lowest BCUT2D eigenvalue weighted by Crippen LogP contribution is -2.32. The van der Waals surface area contributed by atoms with Crippen LogP contribution in [0.15, 0.2) is 54.6 Å². The van der Waals surface area contributed by atoms with E-state index in [9.17, 15) is 19.1 Å². The summed E-state index contributed by atoms with van der Waals surface area (Å²) < 4.78 is 24.6. The number of anilines is 1. The van der Waals surface area contributed by atoms with Crippen molar-refractivity contribution in [3.8, 4) is 22.6 Å². The second kappa shape index (κ2) is 9.05. The fourth-order valence-electron chi connectivity index (χ4n) is 3.57. The molecule has 0 saturated carbocycles. The van der Waals surface area contributed by atoms with E-state index in [0.717, 1.165) is 5.56 Å². The molecule has 7 nitrogen and oxygen atoms in total. The lowest BCUT2D eigenvalue weighted by molar-refractivity contribution is 0.0523. The van der Waals surface area contributed by atoms with Crippen molar-refractivity contribution in [1.29, 1.82) is 0 Å². The highest BCUT2D eigenvalue weighted by Crippen LogP contribution is 2.40. The number of benzene rings is 3. The minimum absolute atomic E-state index is 0.0616. The van der Waals surface area contributed by atoms with E-state index >= 15 is 0 Å². The normalized spacial score (nSPS) is 12.1. The molecule has 0 saturated heterocycles. The summed E-state index contributed by atoms with van der Waals surface area (Å²) in [5.41, 5.74) is 2.63. The van der Waals surface area contributed by atoms with Crippen LogP contribution in [0.5, 0.6) is 11.5 Å². The van der Waals surface area contributed by atoms with Crippen LogP contribution in [0.3, 0.4) is 0 Å². The van der Waals surface area contributed by atoms with E-state index in [4.69, 9.17) is 9.47 Å². The van der Waals surface area contributed by atoms with Gasteiger partial charge in [0.1, 0.15) is 29.5 Å². The molecule has 3 aromatic carbocycles. The third-order valence-electron chi connectivity index (χ3n) is 5.13. The van der Waals surface area contributed by atoms with Crippen LogP contribution in [0.1, 0.15) is 42.3 Å². The number of rotatable bonds is 4. The van der Waals surface area contributed by atoms with Gasteiger partial charge in [-0.05, 0) is 74.4 Å². The number of ether oxygens (including phenoxy) is 2. The van der Waals surface area contributed by atoms with Gasteiger partial charge in [-0.25, -0.2) is 9.18 Å². The predicted molar refractivity (Wildman–Crippen MR) is 125 cm³/mol. The van der Waals surface area contributed by atoms with Crippen molar-refractivity contribution in [3.05, 3.63) is 77.1 Å². The summed E-state index contributed by atoms with van der Waals surface area (Å²) in [6.07, 6.45) is -0.514. The van der Waals surface area contributed by atoms with E-state index < -0.39 is 23.4 Å². The van der Waals surface area contributed by atoms with Crippen molar-refractivity contribution in [3.63, 3.8) is 0 Å². The number of alkyl carbamates (subject to hydrolysis) is 1. The van der Waals surface area contributed by atoms with Crippen molar-refractivity contribution < 1.29 is 28.6 Å². The molecule has 1 aliphatic heterocycles. The Morgan fingerprint density at radius 3 is 2.50 bits per heavy atom. The second-order valence-corrected chi connectivity index (χ2v) is 8.96. The number of hydrogen-bond acceptors (Lipinski definition) is 5. The van der Waals surface area contributed by atoms with Gasteiger partial charge in [0.05, 0.1) is 5.56 Å². The zero-order chi connectivity index (χ0) is 24.5. The van der Waals surface area contributed by atoms with Crippen LogP contribution >= 0.6 is 0 Å². The summed E-state index contributed by atoms with van der Waals surface area (Å²) in [4.78, 5) is 24.7. The number of aromatic hydroxyl groups is 1. The standard InChI is InChI=1S/C26H25FN2O5/c1-26(2,3)34-25(32)28-13-15-4-7-18(8-5-15)29-24(31)21-12-19-16(10-22(21)30)14-33-23-9-6-17(27)11-20(19)23/h4-12,30H,13-14H2,1-3H3,(H,28,32)(H,29,31). The molecule has 0 aliphatic carbocycles. The first-order valence-electron chi connectivity index (χ1n) is 10.7. The maximum absolute atomic E-state index is 13.8. The Morgan fingerprint density at radius 2 is 1.79 bits per heavy atom. The molecule has 1 aliphatic rings. The van der Waals surface area contributed by atoms with Gasteiger partial charge in [0.2, 0.25) is 0 Å².